The van der Waals surface area contributed by atoms with Crippen LogP contribution in [0.25, 0.3) is 0 Å². The topological polar surface area (TPSA) is 103 Å². The minimum Gasteiger partial charge on any atom is -0.464 e. The molecule has 1 aromatic heterocycles. The summed E-state index contributed by atoms with van der Waals surface area (Å²) in [5.74, 6) is -0.852. The Bertz CT molecular complexity index is 790. The Labute approximate surface area is 148 Å². The summed E-state index contributed by atoms with van der Waals surface area (Å²) in [5.41, 5.74) is 0.304. The van der Waals surface area contributed by atoms with E-state index in [1.54, 1.807) is 16.3 Å². The van der Waals surface area contributed by atoms with Crippen LogP contribution in [-0.2, 0) is 11.3 Å². The van der Waals surface area contributed by atoms with Crippen LogP contribution in [-0.4, -0.2) is 40.3 Å². The maximum Gasteiger partial charge on any atom is 0.357 e. The number of methoxy groups -OCH3 is 1. The minimum absolute atomic E-state index is 0.135. The zero-order chi connectivity index (χ0) is 18.4. The molecule has 0 saturated carbocycles. The third kappa shape index (κ3) is 4.60. The summed E-state index contributed by atoms with van der Waals surface area (Å²) in [7, 11) is 1.27. The first kappa shape index (κ1) is 18.5. The molecule has 0 N–H and O–H groups in total. The van der Waals surface area contributed by atoms with Crippen LogP contribution in [0.3, 0.4) is 0 Å². The third-order valence-electron chi connectivity index (χ3n) is 3.36. The van der Waals surface area contributed by atoms with Gasteiger partial charge in [-0.05, 0) is 12.5 Å². The Balaban J connectivity index is 2.20. The number of rotatable bonds is 7. The van der Waals surface area contributed by atoms with Gasteiger partial charge in [0.15, 0.2) is 5.69 Å². The third-order valence-corrected chi connectivity index (χ3v) is 4.19. The second kappa shape index (κ2) is 8.34. The lowest BCUT2D eigenvalue weighted by Gasteiger charge is -2.21. The lowest BCUT2D eigenvalue weighted by atomic mass is 10.1. The number of aromatic nitrogens is 1. The first-order valence-electron chi connectivity index (χ1n) is 7.52. The molecule has 1 amide bonds. The highest BCUT2D eigenvalue weighted by Gasteiger charge is 2.20. The number of carbonyl (C=O) groups is 2. The Kier molecular flexibility index (Phi) is 6.18. The summed E-state index contributed by atoms with van der Waals surface area (Å²) < 4.78 is 4.62. The van der Waals surface area contributed by atoms with Gasteiger partial charge in [0.2, 0.25) is 0 Å². The number of benzene rings is 1. The Hall–Kier alpha value is -2.81. The molecule has 1 heterocycles. The van der Waals surface area contributed by atoms with E-state index < -0.39 is 10.9 Å². The van der Waals surface area contributed by atoms with Crippen molar-refractivity contribution in [3.05, 3.63) is 56.0 Å². The molecule has 132 valence electrons. The van der Waals surface area contributed by atoms with Crippen molar-refractivity contribution in [1.82, 2.24) is 9.88 Å². The van der Waals surface area contributed by atoms with Crippen LogP contribution < -0.4 is 0 Å². The monoisotopic (exact) mass is 363 g/mol. The lowest BCUT2D eigenvalue weighted by Crippen LogP contribution is -2.31. The predicted octanol–water partition coefficient (Wildman–Crippen LogP) is 2.89. The number of hydrogen-bond acceptors (Lipinski definition) is 7. The van der Waals surface area contributed by atoms with E-state index in [2.05, 4.69) is 9.72 Å². The quantitative estimate of drug-likeness (QED) is 0.426. The first-order chi connectivity index (χ1) is 12.0. The van der Waals surface area contributed by atoms with Gasteiger partial charge in [-0.1, -0.05) is 13.0 Å². The number of carbonyl (C=O) groups excluding carboxylic acids is 2. The van der Waals surface area contributed by atoms with Gasteiger partial charge in [-0.15, -0.1) is 11.3 Å². The Morgan fingerprint density at radius 3 is 2.80 bits per heavy atom. The molecule has 0 spiro atoms. The molecule has 8 nitrogen and oxygen atoms in total. The summed E-state index contributed by atoms with van der Waals surface area (Å²) >= 11 is 1.25. The molecule has 0 atom stereocenters. The molecule has 9 heteroatoms. The van der Waals surface area contributed by atoms with Gasteiger partial charge in [0.25, 0.3) is 11.6 Å². The van der Waals surface area contributed by atoms with Gasteiger partial charge in [0.05, 0.1) is 18.6 Å². The molecule has 0 aliphatic carbocycles. The molecule has 2 rings (SSSR count). The molecule has 1 aromatic carbocycles. The largest absolute Gasteiger partial charge is 0.464 e. The van der Waals surface area contributed by atoms with E-state index in [1.807, 2.05) is 6.92 Å². The van der Waals surface area contributed by atoms with Gasteiger partial charge in [-0.25, -0.2) is 9.78 Å². The first-order valence-corrected chi connectivity index (χ1v) is 8.40. The van der Waals surface area contributed by atoms with Gasteiger partial charge in [-0.3, -0.25) is 14.9 Å². The van der Waals surface area contributed by atoms with Crippen molar-refractivity contribution in [2.75, 3.05) is 13.7 Å². The maximum absolute atomic E-state index is 12.7. The molecule has 0 saturated heterocycles. The fraction of sp³-hybridized carbons (Fsp3) is 0.312. The second-order valence-electron chi connectivity index (χ2n) is 5.15. The molecule has 25 heavy (non-hydrogen) atoms. The molecule has 0 unspecified atom stereocenters. The molecule has 0 fully saturated rings. The highest BCUT2D eigenvalue weighted by atomic mass is 32.1. The number of amides is 1. The summed E-state index contributed by atoms with van der Waals surface area (Å²) in [6.45, 7) is 2.61. The standard InChI is InChI=1S/C16H17N3O5S/c1-3-7-18(9-14-17-13(10-25-14)16(21)24-2)15(20)11-5-4-6-12(8-11)19(22)23/h4-6,8,10H,3,7,9H2,1-2H3. The zero-order valence-corrected chi connectivity index (χ0v) is 14.6. The van der Waals surface area contributed by atoms with Crippen molar-refractivity contribution in [3.8, 4) is 0 Å². The van der Waals surface area contributed by atoms with E-state index in [0.717, 1.165) is 6.42 Å². The number of ether oxygens (including phenoxy) is 1. The maximum atomic E-state index is 12.7. The molecule has 0 bridgehead atoms. The van der Waals surface area contributed by atoms with Crippen LogP contribution in [0.15, 0.2) is 29.6 Å². The van der Waals surface area contributed by atoms with E-state index in [0.29, 0.717) is 11.6 Å². The molecule has 0 aliphatic rings. The van der Waals surface area contributed by atoms with Crippen LogP contribution in [0.2, 0.25) is 0 Å². The van der Waals surface area contributed by atoms with Crippen molar-refractivity contribution in [1.29, 1.82) is 0 Å². The van der Waals surface area contributed by atoms with Crippen molar-refractivity contribution in [2.24, 2.45) is 0 Å². The normalized spacial score (nSPS) is 10.3. The summed E-state index contributed by atoms with van der Waals surface area (Å²) in [5, 5.41) is 13.0. The van der Waals surface area contributed by atoms with Crippen LogP contribution >= 0.6 is 11.3 Å². The van der Waals surface area contributed by atoms with Gasteiger partial charge in [0, 0.05) is 29.6 Å². The smallest absolute Gasteiger partial charge is 0.357 e. The van der Waals surface area contributed by atoms with Crippen molar-refractivity contribution < 1.29 is 19.2 Å². The van der Waals surface area contributed by atoms with Gasteiger partial charge < -0.3 is 9.64 Å². The zero-order valence-electron chi connectivity index (χ0n) is 13.8. The van der Waals surface area contributed by atoms with Crippen LogP contribution in [0.4, 0.5) is 5.69 Å². The number of hydrogen-bond donors (Lipinski definition) is 0. The van der Waals surface area contributed by atoms with Crippen LogP contribution in [0.1, 0.15) is 39.2 Å². The van der Waals surface area contributed by atoms with Crippen molar-refractivity contribution in [3.63, 3.8) is 0 Å². The number of nitro groups is 1. The van der Waals surface area contributed by atoms with Crippen LogP contribution in [0.5, 0.6) is 0 Å². The van der Waals surface area contributed by atoms with E-state index in [4.69, 9.17) is 0 Å². The number of nitrogens with zero attached hydrogens (tertiary/aromatic N) is 3. The SMILES string of the molecule is CCCN(Cc1nc(C(=O)OC)cs1)C(=O)c1cccc([N+](=O)[O-])c1. The average molecular weight is 363 g/mol. The number of esters is 1. The van der Waals surface area contributed by atoms with Gasteiger partial charge in [0.1, 0.15) is 5.01 Å². The van der Waals surface area contributed by atoms with Crippen molar-refractivity contribution in [2.45, 2.75) is 19.9 Å². The Morgan fingerprint density at radius 2 is 2.16 bits per heavy atom. The van der Waals surface area contributed by atoms with E-state index >= 15 is 0 Å². The second-order valence-corrected chi connectivity index (χ2v) is 6.09. The summed E-state index contributed by atoms with van der Waals surface area (Å²) in [4.78, 5) is 40.2. The predicted molar refractivity (Wildman–Crippen MR) is 91.6 cm³/mol. The fourth-order valence-corrected chi connectivity index (χ4v) is 2.98. The van der Waals surface area contributed by atoms with E-state index in [9.17, 15) is 19.7 Å². The minimum atomic E-state index is -0.537. The van der Waals surface area contributed by atoms with Gasteiger partial charge in [-0.2, -0.15) is 0 Å². The highest BCUT2D eigenvalue weighted by molar-refractivity contribution is 7.09. The number of thiazole rings is 1. The molecular weight excluding hydrogens is 346 g/mol. The molecule has 0 radical (unpaired) electrons. The molecular formula is C16H17N3O5S. The van der Waals surface area contributed by atoms with Gasteiger partial charge >= 0.3 is 5.97 Å². The molecule has 2 aromatic rings. The summed E-state index contributed by atoms with van der Waals surface area (Å²) in [6.07, 6.45) is 0.718. The Morgan fingerprint density at radius 1 is 1.40 bits per heavy atom. The molecule has 0 aliphatic heterocycles. The lowest BCUT2D eigenvalue weighted by molar-refractivity contribution is -0.384. The van der Waals surface area contributed by atoms with Crippen LogP contribution in [0, 0.1) is 10.1 Å². The number of nitro benzene ring substituents is 1. The summed E-state index contributed by atoms with van der Waals surface area (Å²) in [6, 6.07) is 5.62. The number of non-ortho nitro benzene ring substituents is 1. The van der Waals surface area contributed by atoms with E-state index in [-0.39, 0.29) is 29.4 Å². The van der Waals surface area contributed by atoms with E-state index in [1.165, 1.54) is 36.6 Å². The average Bonchev–Trinajstić information content (AvgIpc) is 3.08. The van der Waals surface area contributed by atoms with Crippen molar-refractivity contribution >= 4 is 28.9 Å². The highest BCUT2D eigenvalue weighted by Crippen LogP contribution is 2.18. The fourth-order valence-electron chi connectivity index (χ4n) is 2.20.